The monoisotopic (exact) mass is 338 g/mol. The van der Waals surface area contributed by atoms with Crippen molar-refractivity contribution in [2.45, 2.75) is 32.1 Å². The number of methoxy groups -OCH3 is 1. The molecule has 136 valence electrons. The summed E-state index contributed by atoms with van der Waals surface area (Å²) in [5.74, 6) is 1.60. The van der Waals surface area contributed by atoms with Crippen molar-refractivity contribution in [2.24, 2.45) is 17.8 Å². The van der Waals surface area contributed by atoms with E-state index in [9.17, 15) is 9.59 Å². The molecule has 2 amide bonds. The van der Waals surface area contributed by atoms with Gasteiger partial charge in [-0.2, -0.15) is 0 Å². The van der Waals surface area contributed by atoms with Crippen LogP contribution < -0.4 is 0 Å². The van der Waals surface area contributed by atoms with Crippen LogP contribution in [0.2, 0.25) is 0 Å². The largest absolute Gasteiger partial charge is 0.384 e. The Kier molecular flexibility index (Phi) is 6.11. The van der Waals surface area contributed by atoms with Gasteiger partial charge >= 0.3 is 0 Å². The van der Waals surface area contributed by atoms with Crippen LogP contribution in [0.5, 0.6) is 0 Å². The first-order valence-electron chi connectivity index (χ1n) is 9.30. The second-order valence-corrected chi connectivity index (χ2v) is 7.48. The minimum absolute atomic E-state index is 0.158. The van der Waals surface area contributed by atoms with E-state index in [1.807, 2.05) is 9.80 Å². The average molecular weight is 338 g/mol. The van der Waals surface area contributed by atoms with Crippen LogP contribution in [0.3, 0.4) is 0 Å². The minimum atomic E-state index is 0.158. The zero-order chi connectivity index (χ0) is 16.9. The van der Waals surface area contributed by atoms with Crippen LogP contribution in [-0.2, 0) is 19.1 Å². The lowest BCUT2D eigenvalue weighted by Crippen LogP contribution is -2.45. The Morgan fingerprint density at radius 2 is 1.88 bits per heavy atom. The minimum Gasteiger partial charge on any atom is -0.384 e. The van der Waals surface area contributed by atoms with E-state index in [4.69, 9.17) is 9.47 Å². The summed E-state index contributed by atoms with van der Waals surface area (Å²) >= 11 is 0. The van der Waals surface area contributed by atoms with Crippen molar-refractivity contribution in [2.75, 3.05) is 53.1 Å². The number of nitrogens with zero attached hydrogens (tertiary/aromatic N) is 2. The fourth-order valence-corrected chi connectivity index (χ4v) is 4.23. The van der Waals surface area contributed by atoms with E-state index in [2.05, 4.69) is 0 Å². The molecule has 0 aromatic heterocycles. The van der Waals surface area contributed by atoms with Crippen LogP contribution in [0.4, 0.5) is 0 Å². The Morgan fingerprint density at radius 1 is 1.17 bits per heavy atom. The van der Waals surface area contributed by atoms with Gasteiger partial charge in [0.1, 0.15) is 0 Å². The molecule has 0 aromatic rings. The third-order valence-electron chi connectivity index (χ3n) is 5.67. The van der Waals surface area contributed by atoms with Crippen LogP contribution in [0.25, 0.3) is 0 Å². The number of rotatable bonds is 5. The van der Waals surface area contributed by atoms with Gasteiger partial charge in [-0.1, -0.05) is 0 Å². The summed E-state index contributed by atoms with van der Waals surface area (Å²) in [6.45, 7) is 5.44. The third kappa shape index (κ3) is 4.28. The number of likely N-dealkylation sites (tertiary alicyclic amines) is 2. The van der Waals surface area contributed by atoms with Crippen LogP contribution in [0.1, 0.15) is 32.1 Å². The van der Waals surface area contributed by atoms with Crippen molar-refractivity contribution < 1.29 is 19.1 Å². The molecule has 0 saturated carbocycles. The Hall–Kier alpha value is -1.14. The topological polar surface area (TPSA) is 59.1 Å². The molecule has 3 rings (SSSR count). The summed E-state index contributed by atoms with van der Waals surface area (Å²) in [6.07, 6.45) is 4.36. The van der Waals surface area contributed by atoms with Crippen molar-refractivity contribution in [1.82, 2.24) is 9.80 Å². The Balaban J connectivity index is 1.42. The fraction of sp³-hybridized carbons (Fsp3) is 0.889. The molecule has 0 bridgehead atoms. The molecule has 3 aliphatic rings. The molecule has 0 aliphatic carbocycles. The van der Waals surface area contributed by atoms with E-state index in [0.29, 0.717) is 44.0 Å². The van der Waals surface area contributed by atoms with Gasteiger partial charge in [-0.25, -0.2) is 0 Å². The van der Waals surface area contributed by atoms with Gasteiger partial charge in [0.05, 0.1) is 6.61 Å². The standard InChI is InChI=1S/C18H30N2O4/c1-23-13-15-10-17(21)20(12-15)11-14-2-6-19(7-3-14)18(22)16-4-8-24-9-5-16/h14-16H,2-13H2,1H3. The van der Waals surface area contributed by atoms with Crippen molar-refractivity contribution in [3.63, 3.8) is 0 Å². The molecule has 24 heavy (non-hydrogen) atoms. The highest BCUT2D eigenvalue weighted by Gasteiger charge is 2.33. The molecule has 0 aromatic carbocycles. The highest BCUT2D eigenvalue weighted by atomic mass is 16.5. The zero-order valence-corrected chi connectivity index (χ0v) is 14.7. The average Bonchev–Trinajstić information content (AvgIpc) is 2.95. The van der Waals surface area contributed by atoms with Crippen LogP contribution in [-0.4, -0.2) is 74.7 Å². The fourth-order valence-electron chi connectivity index (χ4n) is 4.23. The molecule has 6 heteroatoms. The summed E-state index contributed by atoms with van der Waals surface area (Å²) in [5, 5.41) is 0. The van der Waals surface area contributed by atoms with Gasteiger partial charge in [-0.15, -0.1) is 0 Å². The van der Waals surface area contributed by atoms with Gasteiger partial charge in [-0.3, -0.25) is 9.59 Å². The number of ether oxygens (including phenoxy) is 2. The number of carbonyl (C=O) groups is 2. The Morgan fingerprint density at radius 3 is 2.54 bits per heavy atom. The molecule has 3 fully saturated rings. The smallest absolute Gasteiger partial charge is 0.225 e. The summed E-state index contributed by atoms with van der Waals surface area (Å²) < 4.78 is 10.5. The first-order chi connectivity index (χ1) is 11.7. The highest BCUT2D eigenvalue weighted by Crippen LogP contribution is 2.26. The number of carbonyl (C=O) groups excluding carboxylic acids is 2. The summed E-state index contributed by atoms with van der Waals surface area (Å²) in [6, 6.07) is 0. The summed E-state index contributed by atoms with van der Waals surface area (Å²) in [4.78, 5) is 28.7. The lowest BCUT2D eigenvalue weighted by Gasteiger charge is -2.36. The van der Waals surface area contributed by atoms with E-state index in [0.717, 1.165) is 51.9 Å². The number of amides is 2. The summed E-state index contributed by atoms with van der Waals surface area (Å²) in [5.41, 5.74) is 0. The molecule has 3 heterocycles. The van der Waals surface area contributed by atoms with E-state index < -0.39 is 0 Å². The lowest BCUT2D eigenvalue weighted by molar-refractivity contribution is -0.140. The zero-order valence-electron chi connectivity index (χ0n) is 14.7. The first-order valence-corrected chi connectivity index (χ1v) is 9.30. The summed E-state index contributed by atoms with van der Waals surface area (Å²) in [7, 11) is 1.69. The van der Waals surface area contributed by atoms with Gasteiger partial charge in [0.15, 0.2) is 0 Å². The van der Waals surface area contributed by atoms with Crippen molar-refractivity contribution >= 4 is 11.8 Å². The maximum absolute atomic E-state index is 12.6. The number of hydrogen-bond donors (Lipinski definition) is 0. The second-order valence-electron chi connectivity index (χ2n) is 7.48. The molecule has 0 N–H and O–H groups in total. The van der Waals surface area contributed by atoms with E-state index in [-0.39, 0.29) is 11.8 Å². The SMILES string of the molecule is COCC1CC(=O)N(CC2CCN(C(=O)C3CCOCC3)CC2)C1. The van der Waals surface area contributed by atoms with Crippen molar-refractivity contribution in [3.05, 3.63) is 0 Å². The molecular weight excluding hydrogens is 308 g/mol. The van der Waals surface area contributed by atoms with E-state index >= 15 is 0 Å². The highest BCUT2D eigenvalue weighted by molar-refractivity contribution is 5.79. The van der Waals surface area contributed by atoms with Crippen LogP contribution in [0.15, 0.2) is 0 Å². The van der Waals surface area contributed by atoms with Crippen molar-refractivity contribution in [1.29, 1.82) is 0 Å². The van der Waals surface area contributed by atoms with Gasteiger partial charge in [0.2, 0.25) is 11.8 Å². The predicted octanol–water partition coefficient (Wildman–Crippen LogP) is 1.15. The predicted molar refractivity (Wildman–Crippen MR) is 89.4 cm³/mol. The molecule has 1 atom stereocenters. The molecule has 1 unspecified atom stereocenters. The van der Waals surface area contributed by atoms with Gasteiger partial charge in [0, 0.05) is 64.8 Å². The molecule has 6 nitrogen and oxygen atoms in total. The van der Waals surface area contributed by atoms with E-state index in [1.165, 1.54) is 0 Å². The van der Waals surface area contributed by atoms with Gasteiger partial charge in [0.25, 0.3) is 0 Å². The Labute approximate surface area is 144 Å². The molecule has 0 spiro atoms. The van der Waals surface area contributed by atoms with E-state index in [1.54, 1.807) is 7.11 Å². The molecule has 3 aliphatic heterocycles. The normalized spacial score (nSPS) is 27.0. The third-order valence-corrected chi connectivity index (χ3v) is 5.67. The lowest BCUT2D eigenvalue weighted by atomic mass is 9.93. The number of hydrogen-bond acceptors (Lipinski definition) is 4. The second kappa shape index (κ2) is 8.30. The number of piperidine rings is 1. The van der Waals surface area contributed by atoms with Crippen molar-refractivity contribution in [3.8, 4) is 0 Å². The van der Waals surface area contributed by atoms with Crippen LogP contribution >= 0.6 is 0 Å². The quantitative estimate of drug-likeness (QED) is 0.754. The van der Waals surface area contributed by atoms with Gasteiger partial charge < -0.3 is 19.3 Å². The maximum atomic E-state index is 12.6. The maximum Gasteiger partial charge on any atom is 0.225 e. The molecule has 3 saturated heterocycles. The molecular formula is C18H30N2O4. The Bertz CT molecular complexity index is 442. The van der Waals surface area contributed by atoms with Crippen LogP contribution in [0, 0.1) is 17.8 Å². The first kappa shape index (κ1) is 17.7. The molecule has 0 radical (unpaired) electrons. The van der Waals surface area contributed by atoms with Gasteiger partial charge in [-0.05, 0) is 31.6 Å².